The topological polar surface area (TPSA) is 159 Å². The Kier molecular flexibility index (Phi) is 12.7. The van der Waals surface area contributed by atoms with E-state index in [0.29, 0.717) is 30.0 Å². The van der Waals surface area contributed by atoms with Gasteiger partial charge in [0.1, 0.15) is 12.4 Å². The van der Waals surface area contributed by atoms with Gasteiger partial charge in [0.05, 0.1) is 11.8 Å². The van der Waals surface area contributed by atoms with E-state index >= 15 is 0 Å². The number of phenols is 1. The molecule has 0 aliphatic carbocycles. The van der Waals surface area contributed by atoms with Crippen LogP contribution in [0.15, 0.2) is 52.1 Å². The summed E-state index contributed by atoms with van der Waals surface area (Å²) in [6.07, 6.45) is 6.17. The number of aliphatic hydroxyl groups excluding tert-OH is 1. The van der Waals surface area contributed by atoms with E-state index in [0.717, 1.165) is 68.2 Å². The van der Waals surface area contributed by atoms with Crippen molar-refractivity contribution in [2.45, 2.75) is 64.6 Å². The van der Waals surface area contributed by atoms with Gasteiger partial charge in [-0.1, -0.05) is 31.0 Å². The van der Waals surface area contributed by atoms with Crippen molar-refractivity contribution in [2.75, 3.05) is 26.3 Å². The number of nitrogens with one attached hydrogen (secondary N) is 3. The van der Waals surface area contributed by atoms with Crippen molar-refractivity contribution in [1.82, 2.24) is 20.1 Å². The molecule has 3 rings (SSSR count). The number of rotatable bonds is 18. The summed E-state index contributed by atoms with van der Waals surface area (Å²) in [4.78, 5) is 34.6. The highest BCUT2D eigenvalue weighted by Gasteiger charge is 2.11. The van der Waals surface area contributed by atoms with Crippen LogP contribution in [0.1, 0.15) is 68.2 Å². The van der Waals surface area contributed by atoms with Crippen molar-refractivity contribution < 1.29 is 24.5 Å². The Morgan fingerprint density at radius 1 is 0.975 bits per heavy atom. The lowest BCUT2D eigenvalue weighted by atomic mass is 10.1. The predicted molar refractivity (Wildman–Crippen MR) is 151 cm³/mol. The molecule has 40 heavy (non-hydrogen) atoms. The Balaban J connectivity index is 1.18. The molecule has 1 aromatic heterocycles. The highest BCUT2D eigenvalue weighted by molar-refractivity contribution is 5.66. The normalized spacial score (nSPS) is 11.9. The number of phenolic OH excluding ortho intramolecular Hbond substituents is 1. The first-order valence-corrected chi connectivity index (χ1v) is 13.8. The lowest BCUT2D eigenvalue weighted by molar-refractivity contribution is -0.142. The zero-order valence-electron chi connectivity index (χ0n) is 23.0. The van der Waals surface area contributed by atoms with E-state index < -0.39 is 23.5 Å². The van der Waals surface area contributed by atoms with Crippen LogP contribution >= 0.6 is 0 Å². The van der Waals surface area contributed by atoms with Crippen LogP contribution in [0, 0.1) is 0 Å². The number of H-pyrrole nitrogens is 2. The fourth-order valence-electron chi connectivity index (χ4n) is 4.30. The van der Waals surface area contributed by atoms with Crippen LogP contribution < -0.4 is 16.7 Å². The van der Waals surface area contributed by atoms with Gasteiger partial charge in [-0.25, -0.2) is 24.4 Å². The molecule has 0 aliphatic rings. The molecule has 0 fully saturated rings. The van der Waals surface area contributed by atoms with Crippen molar-refractivity contribution in [3.8, 4) is 11.4 Å². The zero-order chi connectivity index (χ0) is 28.7. The number of aromatic amines is 2. The number of aryl methyl sites for hydroxylation is 1. The molecular weight excluding hydrogens is 516 g/mol. The largest absolute Gasteiger partial charge is 0.508 e. The average molecular weight is 557 g/mol. The van der Waals surface area contributed by atoms with Gasteiger partial charge in [-0.2, -0.15) is 0 Å². The zero-order valence-corrected chi connectivity index (χ0v) is 23.0. The maximum atomic E-state index is 11.8. The van der Waals surface area contributed by atoms with Gasteiger partial charge in [-0.05, 0) is 74.0 Å². The van der Waals surface area contributed by atoms with Crippen LogP contribution in [0.2, 0.25) is 0 Å². The molecular formula is C29H40N4O7. The summed E-state index contributed by atoms with van der Waals surface area (Å²) in [5.74, 6) is -0.397. The highest BCUT2D eigenvalue weighted by Crippen LogP contribution is 2.23. The van der Waals surface area contributed by atoms with Crippen LogP contribution in [0.25, 0.3) is 5.69 Å². The van der Waals surface area contributed by atoms with E-state index in [4.69, 9.17) is 9.47 Å². The molecule has 0 saturated heterocycles. The maximum absolute atomic E-state index is 11.8. The maximum Gasteiger partial charge on any atom is 0.348 e. The molecule has 0 unspecified atom stereocenters. The number of carbonyl (C=O) groups excluding carboxylic acids is 1. The standard InChI is InChI=1S/C29H40N4O7/c1-21(34)40-20-24-18-23(12-13-26(24)35)27(36)19-30-14-5-2-3-6-15-39-16-7-4-9-22-10-8-11-25(17-22)33-28(37)31-32-29(33)38/h8,10-13,17-18,27,30,35-36H,2-7,9,14-16,19-20H2,1H3,(H,31,37)(H,32,38)/t27-/m0/s1. The van der Waals surface area contributed by atoms with Gasteiger partial charge in [0, 0.05) is 32.2 Å². The first-order valence-electron chi connectivity index (χ1n) is 13.8. The fraction of sp³-hybridized carbons (Fsp3) is 0.483. The molecule has 0 amide bonds. The molecule has 3 aromatic rings. The number of esters is 1. The van der Waals surface area contributed by atoms with Crippen molar-refractivity contribution in [3.63, 3.8) is 0 Å². The van der Waals surface area contributed by atoms with Gasteiger partial charge in [-0.15, -0.1) is 0 Å². The minimum absolute atomic E-state index is 0.0308. The highest BCUT2D eigenvalue weighted by atomic mass is 16.5. The second-order valence-corrected chi connectivity index (χ2v) is 9.74. The van der Waals surface area contributed by atoms with Crippen molar-refractivity contribution in [3.05, 3.63) is 80.1 Å². The summed E-state index contributed by atoms with van der Waals surface area (Å²) in [5, 5.41) is 28.2. The van der Waals surface area contributed by atoms with Crippen LogP contribution in [0.3, 0.4) is 0 Å². The fourth-order valence-corrected chi connectivity index (χ4v) is 4.30. The Morgan fingerprint density at radius 2 is 1.70 bits per heavy atom. The number of nitrogens with zero attached hydrogens (tertiary/aromatic N) is 1. The minimum Gasteiger partial charge on any atom is -0.508 e. The molecule has 1 atom stereocenters. The first kappa shape index (κ1) is 30.9. The predicted octanol–water partition coefficient (Wildman–Crippen LogP) is 2.85. The monoisotopic (exact) mass is 556 g/mol. The lowest BCUT2D eigenvalue weighted by Crippen LogP contribution is -2.24. The summed E-state index contributed by atoms with van der Waals surface area (Å²) in [5.41, 5.74) is 1.78. The second kappa shape index (κ2) is 16.4. The number of aromatic nitrogens is 3. The van der Waals surface area contributed by atoms with Gasteiger partial charge in [-0.3, -0.25) is 4.79 Å². The van der Waals surface area contributed by atoms with Crippen LogP contribution in [-0.4, -0.2) is 57.3 Å². The summed E-state index contributed by atoms with van der Waals surface area (Å²) < 4.78 is 11.8. The molecule has 11 nitrogen and oxygen atoms in total. The third kappa shape index (κ3) is 10.1. The SMILES string of the molecule is CC(=O)OCc1cc([C@@H](O)CNCCCCCCOCCCCc2cccc(-n3c(=O)[nH][nH]c3=O)c2)ccc1O. The van der Waals surface area contributed by atoms with Crippen LogP contribution in [-0.2, 0) is 27.3 Å². The Morgan fingerprint density at radius 3 is 2.45 bits per heavy atom. The van der Waals surface area contributed by atoms with E-state index in [1.54, 1.807) is 18.2 Å². The average Bonchev–Trinajstić information content (AvgIpc) is 3.28. The smallest absolute Gasteiger partial charge is 0.348 e. The molecule has 1 heterocycles. The number of ether oxygens (including phenoxy) is 2. The molecule has 0 bridgehead atoms. The third-order valence-corrected chi connectivity index (χ3v) is 6.50. The quantitative estimate of drug-likeness (QED) is 0.118. The van der Waals surface area contributed by atoms with E-state index in [-0.39, 0.29) is 12.4 Å². The summed E-state index contributed by atoms with van der Waals surface area (Å²) >= 11 is 0. The van der Waals surface area contributed by atoms with Crippen molar-refractivity contribution >= 4 is 5.97 Å². The third-order valence-electron chi connectivity index (χ3n) is 6.50. The molecule has 0 aliphatic heterocycles. The Labute approximate surface area is 233 Å². The van der Waals surface area contributed by atoms with E-state index in [1.165, 1.54) is 13.0 Å². The van der Waals surface area contributed by atoms with Gasteiger partial charge < -0.3 is 25.0 Å². The van der Waals surface area contributed by atoms with Gasteiger partial charge in [0.2, 0.25) is 0 Å². The minimum atomic E-state index is -0.720. The second-order valence-electron chi connectivity index (χ2n) is 9.74. The molecule has 5 N–H and O–H groups in total. The molecule has 0 radical (unpaired) electrons. The van der Waals surface area contributed by atoms with Gasteiger partial charge in [0.25, 0.3) is 0 Å². The molecule has 218 valence electrons. The number of hydrogen-bond acceptors (Lipinski definition) is 8. The van der Waals surface area contributed by atoms with Gasteiger partial charge >= 0.3 is 17.3 Å². The van der Waals surface area contributed by atoms with Crippen molar-refractivity contribution in [1.29, 1.82) is 0 Å². The van der Waals surface area contributed by atoms with Crippen LogP contribution in [0.5, 0.6) is 5.75 Å². The summed E-state index contributed by atoms with van der Waals surface area (Å²) in [6.45, 7) is 3.91. The summed E-state index contributed by atoms with van der Waals surface area (Å²) in [7, 11) is 0. The molecule has 2 aromatic carbocycles. The first-order chi connectivity index (χ1) is 19.3. The Hall–Kier alpha value is -3.67. The van der Waals surface area contributed by atoms with E-state index in [9.17, 15) is 24.6 Å². The molecule has 0 spiro atoms. The van der Waals surface area contributed by atoms with E-state index in [1.807, 2.05) is 18.2 Å². The van der Waals surface area contributed by atoms with Gasteiger partial charge in [0.15, 0.2) is 0 Å². The number of aromatic hydroxyl groups is 1. The number of benzene rings is 2. The molecule has 0 saturated carbocycles. The van der Waals surface area contributed by atoms with Crippen molar-refractivity contribution in [2.24, 2.45) is 0 Å². The van der Waals surface area contributed by atoms with Crippen LogP contribution in [0.4, 0.5) is 0 Å². The summed E-state index contributed by atoms with van der Waals surface area (Å²) in [6, 6.07) is 12.2. The lowest BCUT2D eigenvalue weighted by Gasteiger charge is -2.14. The Bertz CT molecular complexity index is 1290. The number of carbonyl (C=O) groups is 1. The molecule has 11 heteroatoms. The number of aliphatic hydroxyl groups is 1. The number of unbranched alkanes of at least 4 members (excludes halogenated alkanes) is 4. The van der Waals surface area contributed by atoms with E-state index in [2.05, 4.69) is 15.5 Å². The number of hydrogen-bond donors (Lipinski definition) is 5.